The lowest BCUT2D eigenvalue weighted by atomic mass is 9.76. The molecule has 3 unspecified atom stereocenters. The number of carboxylic acid groups (broad SMARTS) is 1. The second-order valence-electron chi connectivity index (χ2n) is 7.56. The van der Waals surface area contributed by atoms with Crippen molar-refractivity contribution >= 4 is 22.7 Å². The van der Waals surface area contributed by atoms with E-state index in [2.05, 4.69) is 0 Å². The number of carboxylic acids is 1. The second-order valence-corrected chi connectivity index (χ2v) is 7.56. The van der Waals surface area contributed by atoms with Crippen LogP contribution in [0.15, 0.2) is 36.4 Å². The average molecular weight is 370 g/mol. The number of esters is 1. The van der Waals surface area contributed by atoms with Gasteiger partial charge in [0, 0.05) is 6.42 Å². The van der Waals surface area contributed by atoms with Crippen LogP contribution >= 0.6 is 0 Å². The molecule has 2 aromatic rings. The molecule has 3 atom stereocenters. The molecule has 0 saturated carbocycles. The van der Waals surface area contributed by atoms with E-state index >= 15 is 0 Å². The molecule has 2 aromatic carbocycles. The van der Waals surface area contributed by atoms with Gasteiger partial charge in [-0.15, -0.1) is 0 Å². The Morgan fingerprint density at radius 2 is 1.96 bits per heavy atom. The number of ether oxygens (including phenoxy) is 1. The first-order valence-electron chi connectivity index (χ1n) is 9.47. The van der Waals surface area contributed by atoms with E-state index in [0.29, 0.717) is 25.7 Å². The highest BCUT2D eigenvalue weighted by Crippen LogP contribution is 2.36. The number of carbonyl (C=O) groups is 2. The fraction of sp³-hybridized carbons (Fsp3) is 0.455. The first kappa shape index (κ1) is 19.4. The van der Waals surface area contributed by atoms with E-state index < -0.39 is 17.5 Å². The number of rotatable bonds is 6. The normalized spacial score (nSPS) is 22.3. The van der Waals surface area contributed by atoms with E-state index in [1.807, 2.05) is 43.3 Å². The van der Waals surface area contributed by atoms with Crippen molar-refractivity contribution in [3.05, 3.63) is 47.5 Å². The van der Waals surface area contributed by atoms with Crippen molar-refractivity contribution in [3.63, 3.8) is 0 Å². The van der Waals surface area contributed by atoms with Gasteiger partial charge in [0.05, 0.1) is 17.9 Å². The van der Waals surface area contributed by atoms with Crippen LogP contribution in [0.5, 0.6) is 0 Å². The lowest BCUT2D eigenvalue weighted by Crippen LogP contribution is -2.33. The fourth-order valence-electron chi connectivity index (χ4n) is 3.90. The molecular weight excluding hydrogens is 344 g/mol. The molecule has 0 bridgehead atoms. The zero-order valence-corrected chi connectivity index (χ0v) is 15.8. The van der Waals surface area contributed by atoms with Gasteiger partial charge in [0.25, 0.3) is 0 Å². The van der Waals surface area contributed by atoms with Crippen LogP contribution in [0, 0.1) is 0 Å². The summed E-state index contributed by atoms with van der Waals surface area (Å²) < 4.78 is 5.35. The molecule has 2 N–H and O–H groups in total. The number of benzene rings is 2. The van der Waals surface area contributed by atoms with Gasteiger partial charge in [-0.2, -0.15) is 0 Å². The highest BCUT2D eigenvalue weighted by molar-refractivity contribution is 5.95. The monoisotopic (exact) mass is 370 g/mol. The molecule has 1 saturated heterocycles. The molecule has 5 nitrogen and oxygen atoms in total. The SMILES string of the molecule is CCC(C)(C(=O)O)c1cccc2cccc(CCC3CC(O)CC(=O)O3)c12. The molecule has 1 aliphatic rings. The Balaban J connectivity index is 1.96. The molecule has 0 radical (unpaired) electrons. The van der Waals surface area contributed by atoms with Crippen molar-refractivity contribution in [2.75, 3.05) is 0 Å². The Morgan fingerprint density at radius 3 is 2.59 bits per heavy atom. The lowest BCUT2D eigenvalue weighted by Gasteiger charge is -2.28. The van der Waals surface area contributed by atoms with Crippen LogP contribution in [-0.4, -0.2) is 34.4 Å². The van der Waals surface area contributed by atoms with Gasteiger partial charge in [0.1, 0.15) is 6.10 Å². The van der Waals surface area contributed by atoms with Crippen LogP contribution in [0.3, 0.4) is 0 Å². The molecule has 144 valence electrons. The third kappa shape index (κ3) is 3.83. The Morgan fingerprint density at radius 1 is 1.26 bits per heavy atom. The van der Waals surface area contributed by atoms with Gasteiger partial charge < -0.3 is 14.9 Å². The Hall–Kier alpha value is -2.40. The minimum absolute atomic E-state index is 0.0579. The van der Waals surface area contributed by atoms with Crippen molar-refractivity contribution in [3.8, 4) is 0 Å². The minimum Gasteiger partial charge on any atom is -0.481 e. The van der Waals surface area contributed by atoms with Crippen LogP contribution in [0.2, 0.25) is 0 Å². The molecule has 3 rings (SSSR count). The first-order valence-corrected chi connectivity index (χ1v) is 9.47. The predicted octanol–water partition coefficient (Wildman–Crippen LogP) is 3.59. The Kier molecular flexibility index (Phi) is 5.51. The van der Waals surface area contributed by atoms with Crippen molar-refractivity contribution in [2.45, 2.75) is 63.6 Å². The van der Waals surface area contributed by atoms with E-state index in [-0.39, 0.29) is 18.5 Å². The van der Waals surface area contributed by atoms with Crippen LogP contribution in [0.1, 0.15) is 50.7 Å². The van der Waals surface area contributed by atoms with Gasteiger partial charge in [-0.1, -0.05) is 43.3 Å². The van der Waals surface area contributed by atoms with Crippen molar-refractivity contribution in [1.82, 2.24) is 0 Å². The molecular formula is C22H26O5. The molecule has 0 aromatic heterocycles. The van der Waals surface area contributed by atoms with Crippen molar-refractivity contribution < 1.29 is 24.5 Å². The number of aliphatic hydroxyl groups is 1. The van der Waals surface area contributed by atoms with Gasteiger partial charge in [-0.25, -0.2) is 0 Å². The van der Waals surface area contributed by atoms with Gasteiger partial charge in [0.2, 0.25) is 0 Å². The number of aliphatic carboxylic acids is 1. The third-order valence-corrected chi connectivity index (χ3v) is 5.74. The first-order chi connectivity index (χ1) is 12.8. The molecule has 0 amide bonds. The quantitative estimate of drug-likeness (QED) is 0.759. The van der Waals surface area contributed by atoms with Gasteiger partial charge in [-0.05, 0) is 48.1 Å². The summed E-state index contributed by atoms with van der Waals surface area (Å²) in [5, 5.41) is 21.6. The molecule has 5 heteroatoms. The lowest BCUT2D eigenvalue weighted by molar-refractivity contribution is -0.160. The Bertz CT molecular complexity index is 854. The second kappa shape index (κ2) is 7.69. The van der Waals surface area contributed by atoms with E-state index in [1.54, 1.807) is 6.92 Å². The zero-order chi connectivity index (χ0) is 19.6. The van der Waals surface area contributed by atoms with E-state index in [9.17, 15) is 19.8 Å². The summed E-state index contributed by atoms with van der Waals surface area (Å²) >= 11 is 0. The topological polar surface area (TPSA) is 83.8 Å². The number of hydrogen-bond acceptors (Lipinski definition) is 4. The van der Waals surface area contributed by atoms with Gasteiger partial charge >= 0.3 is 11.9 Å². The van der Waals surface area contributed by atoms with Gasteiger partial charge in [-0.3, -0.25) is 9.59 Å². The summed E-state index contributed by atoms with van der Waals surface area (Å²) in [6, 6.07) is 11.7. The average Bonchev–Trinajstić information content (AvgIpc) is 2.64. The van der Waals surface area contributed by atoms with Crippen LogP contribution in [0.4, 0.5) is 0 Å². The van der Waals surface area contributed by atoms with Gasteiger partial charge in [0.15, 0.2) is 0 Å². The van der Waals surface area contributed by atoms with E-state index in [1.165, 1.54) is 0 Å². The standard InChI is InChI=1S/C22H26O5/c1-3-22(2,21(25)26)18-9-5-8-14-6-4-7-15(20(14)18)10-11-17-12-16(23)13-19(24)27-17/h4-9,16-17,23H,3,10-13H2,1-2H3,(H,25,26). The molecule has 1 aliphatic heterocycles. The number of hydrogen-bond donors (Lipinski definition) is 2. The smallest absolute Gasteiger partial charge is 0.313 e. The molecule has 27 heavy (non-hydrogen) atoms. The van der Waals surface area contributed by atoms with Crippen molar-refractivity contribution in [2.24, 2.45) is 0 Å². The summed E-state index contributed by atoms with van der Waals surface area (Å²) in [5.41, 5.74) is 0.884. The summed E-state index contributed by atoms with van der Waals surface area (Å²) in [7, 11) is 0. The summed E-state index contributed by atoms with van der Waals surface area (Å²) in [4.78, 5) is 23.6. The highest BCUT2D eigenvalue weighted by atomic mass is 16.5. The number of aryl methyl sites for hydroxylation is 1. The molecule has 1 heterocycles. The number of fused-ring (bicyclic) bond motifs is 1. The third-order valence-electron chi connectivity index (χ3n) is 5.74. The number of aliphatic hydroxyl groups excluding tert-OH is 1. The highest BCUT2D eigenvalue weighted by Gasteiger charge is 2.35. The van der Waals surface area contributed by atoms with Crippen molar-refractivity contribution in [1.29, 1.82) is 0 Å². The molecule has 1 fully saturated rings. The van der Waals surface area contributed by atoms with Crippen LogP contribution in [0.25, 0.3) is 10.8 Å². The zero-order valence-electron chi connectivity index (χ0n) is 15.8. The summed E-state index contributed by atoms with van der Waals surface area (Å²) in [5.74, 6) is -1.20. The minimum atomic E-state index is -0.969. The maximum absolute atomic E-state index is 12.0. The molecule has 0 spiro atoms. The predicted molar refractivity (Wildman–Crippen MR) is 103 cm³/mol. The number of carbonyl (C=O) groups excluding carboxylic acids is 1. The van der Waals surface area contributed by atoms with Crippen LogP contribution in [-0.2, 0) is 26.2 Å². The van der Waals surface area contributed by atoms with E-state index in [0.717, 1.165) is 21.9 Å². The maximum Gasteiger partial charge on any atom is 0.313 e. The Labute approximate surface area is 159 Å². The summed E-state index contributed by atoms with van der Waals surface area (Å²) in [6.45, 7) is 3.65. The largest absolute Gasteiger partial charge is 0.481 e. The summed E-state index contributed by atoms with van der Waals surface area (Å²) in [6.07, 6.45) is 1.30. The van der Waals surface area contributed by atoms with Crippen LogP contribution < -0.4 is 0 Å². The number of cyclic esters (lactones) is 1. The molecule has 0 aliphatic carbocycles. The fourth-order valence-corrected chi connectivity index (χ4v) is 3.90. The van der Waals surface area contributed by atoms with E-state index in [4.69, 9.17) is 4.74 Å². The maximum atomic E-state index is 12.0.